The van der Waals surface area contributed by atoms with E-state index in [0.717, 1.165) is 5.56 Å². The molecule has 0 saturated carbocycles. The minimum absolute atomic E-state index is 0.319. The lowest BCUT2D eigenvalue weighted by molar-refractivity contribution is 0.102. The first kappa shape index (κ1) is 14.4. The maximum atomic E-state index is 13.1. The van der Waals surface area contributed by atoms with Gasteiger partial charge in [-0.05, 0) is 36.8 Å². The minimum atomic E-state index is -1.61. The van der Waals surface area contributed by atoms with Gasteiger partial charge in [-0.2, -0.15) is 0 Å². The molecule has 0 heterocycles. The molecular weight excluding hydrogens is 291 g/mol. The average Bonchev–Trinajstić information content (AvgIpc) is 2.39. The molecule has 6 heteroatoms. The number of carbonyl (C=O) groups excluding carboxylic acids is 1. The number of amides is 1. The Bertz CT molecular complexity index is 665. The molecule has 0 radical (unpaired) electrons. The summed E-state index contributed by atoms with van der Waals surface area (Å²) in [5.41, 5.74) is 0.819. The molecule has 20 heavy (non-hydrogen) atoms. The van der Waals surface area contributed by atoms with Gasteiger partial charge >= 0.3 is 0 Å². The minimum Gasteiger partial charge on any atom is -0.322 e. The predicted molar refractivity (Wildman–Crippen MR) is 70.5 cm³/mol. The van der Waals surface area contributed by atoms with Gasteiger partial charge in [-0.3, -0.25) is 4.79 Å². The van der Waals surface area contributed by atoms with Gasteiger partial charge in [-0.15, -0.1) is 0 Å². The number of aryl methyl sites for hydroxylation is 1. The second-order valence-electron chi connectivity index (χ2n) is 4.17. The molecule has 2 rings (SSSR count). The summed E-state index contributed by atoms with van der Waals surface area (Å²) in [4.78, 5) is 11.9. The average molecular weight is 300 g/mol. The van der Waals surface area contributed by atoms with Crippen molar-refractivity contribution in [1.29, 1.82) is 0 Å². The molecule has 0 fully saturated rings. The molecule has 2 nitrogen and oxygen atoms in total. The third-order valence-electron chi connectivity index (χ3n) is 2.69. The molecule has 1 N–H and O–H groups in total. The molecule has 0 spiro atoms. The van der Waals surface area contributed by atoms with Crippen molar-refractivity contribution in [3.63, 3.8) is 0 Å². The zero-order valence-electron chi connectivity index (χ0n) is 10.3. The maximum Gasteiger partial charge on any atom is 0.255 e. The van der Waals surface area contributed by atoms with Gasteiger partial charge in [0.05, 0.1) is 0 Å². The molecule has 1 amide bonds. The van der Waals surface area contributed by atoms with Crippen LogP contribution in [0.15, 0.2) is 30.3 Å². The molecule has 0 saturated heterocycles. The Morgan fingerprint density at radius 3 is 2.30 bits per heavy atom. The summed E-state index contributed by atoms with van der Waals surface area (Å²) in [7, 11) is 0. The molecule has 0 atom stereocenters. The number of hydrogen-bond acceptors (Lipinski definition) is 1. The summed E-state index contributed by atoms with van der Waals surface area (Å²) >= 11 is 5.80. The van der Waals surface area contributed by atoms with Gasteiger partial charge in [0.25, 0.3) is 5.91 Å². The Morgan fingerprint density at radius 2 is 1.70 bits per heavy atom. The highest BCUT2D eigenvalue weighted by molar-refractivity contribution is 6.31. The third-order valence-corrected chi connectivity index (χ3v) is 2.93. The summed E-state index contributed by atoms with van der Waals surface area (Å²) in [6, 6.07) is 6.10. The van der Waals surface area contributed by atoms with E-state index in [1.165, 1.54) is 6.07 Å². The van der Waals surface area contributed by atoms with Crippen LogP contribution in [0.25, 0.3) is 0 Å². The van der Waals surface area contributed by atoms with Crippen molar-refractivity contribution >= 4 is 23.2 Å². The summed E-state index contributed by atoms with van der Waals surface area (Å²) in [6.07, 6.45) is 0. The van der Waals surface area contributed by atoms with E-state index in [4.69, 9.17) is 11.6 Å². The predicted octanol–water partition coefficient (Wildman–Crippen LogP) is 4.32. The van der Waals surface area contributed by atoms with E-state index in [-0.39, 0.29) is 5.56 Å². The molecule has 0 aliphatic heterocycles. The van der Waals surface area contributed by atoms with E-state index < -0.39 is 23.4 Å². The standard InChI is InChI=1S/C14H9ClF3NO/c1-7-2-3-9(15)6-12(7)19-14(20)8-4-10(16)13(18)11(17)5-8/h2-6H,1H3,(H,19,20). The van der Waals surface area contributed by atoms with E-state index in [2.05, 4.69) is 5.32 Å². The fraction of sp³-hybridized carbons (Fsp3) is 0.0714. The number of halogens is 4. The second-order valence-corrected chi connectivity index (χ2v) is 4.60. The zero-order valence-corrected chi connectivity index (χ0v) is 11.1. The van der Waals surface area contributed by atoms with Crippen LogP contribution in [0.4, 0.5) is 18.9 Å². The first-order chi connectivity index (χ1) is 9.38. The zero-order chi connectivity index (χ0) is 14.9. The smallest absolute Gasteiger partial charge is 0.255 e. The van der Waals surface area contributed by atoms with Crippen LogP contribution in [-0.4, -0.2) is 5.91 Å². The van der Waals surface area contributed by atoms with E-state index in [9.17, 15) is 18.0 Å². The lowest BCUT2D eigenvalue weighted by Crippen LogP contribution is -2.14. The van der Waals surface area contributed by atoms with Gasteiger partial charge < -0.3 is 5.32 Å². The number of rotatable bonds is 2. The van der Waals surface area contributed by atoms with Gasteiger partial charge in [0.1, 0.15) is 0 Å². The Hall–Kier alpha value is -2.01. The van der Waals surface area contributed by atoms with Crippen molar-refractivity contribution in [2.24, 2.45) is 0 Å². The summed E-state index contributed by atoms with van der Waals surface area (Å²) < 4.78 is 39.0. The van der Waals surface area contributed by atoms with Gasteiger partial charge in [0.15, 0.2) is 17.5 Å². The van der Waals surface area contributed by atoms with Crippen LogP contribution in [0.2, 0.25) is 5.02 Å². The van der Waals surface area contributed by atoms with Gasteiger partial charge in [-0.1, -0.05) is 17.7 Å². The number of benzene rings is 2. The first-order valence-corrected chi connectivity index (χ1v) is 5.98. The Balaban J connectivity index is 2.31. The molecule has 2 aromatic rings. The van der Waals surface area contributed by atoms with Crippen molar-refractivity contribution in [2.75, 3.05) is 5.32 Å². The van der Waals surface area contributed by atoms with Crippen molar-refractivity contribution in [1.82, 2.24) is 0 Å². The number of hydrogen-bond donors (Lipinski definition) is 1. The number of anilines is 1. The van der Waals surface area contributed by atoms with Gasteiger partial charge in [0.2, 0.25) is 0 Å². The third kappa shape index (κ3) is 2.93. The normalized spacial score (nSPS) is 10.4. The van der Waals surface area contributed by atoms with E-state index in [1.807, 2.05) is 0 Å². The molecule has 0 unspecified atom stereocenters. The fourth-order valence-corrected chi connectivity index (χ4v) is 1.78. The van der Waals surface area contributed by atoms with Crippen molar-refractivity contribution in [3.8, 4) is 0 Å². The van der Waals surface area contributed by atoms with E-state index >= 15 is 0 Å². The Labute approximate surface area is 118 Å². The second kappa shape index (κ2) is 5.54. The largest absolute Gasteiger partial charge is 0.322 e. The molecule has 0 aliphatic carbocycles. The molecule has 0 bridgehead atoms. The molecule has 104 valence electrons. The van der Waals surface area contributed by atoms with Crippen molar-refractivity contribution in [3.05, 3.63) is 63.9 Å². The maximum absolute atomic E-state index is 13.1. The monoisotopic (exact) mass is 299 g/mol. The lowest BCUT2D eigenvalue weighted by atomic mass is 10.1. The summed E-state index contributed by atoms with van der Waals surface area (Å²) in [5.74, 6) is -5.20. The lowest BCUT2D eigenvalue weighted by Gasteiger charge is -2.09. The van der Waals surface area contributed by atoms with Crippen molar-refractivity contribution in [2.45, 2.75) is 6.92 Å². The van der Waals surface area contributed by atoms with Crippen molar-refractivity contribution < 1.29 is 18.0 Å². The number of carbonyl (C=O) groups is 1. The molecule has 0 aliphatic rings. The van der Waals surface area contributed by atoms with Crippen LogP contribution >= 0.6 is 11.6 Å². The number of nitrogens with one attached hydrogen (secondary N) is 1. The van der Waals surface area contributed by atoms with Crippen LogP contribution in [0.5, 0.6) is 0 Å². The quantitative estimate of drug-likeness (QED) is 0.822. The van der Waals surface area contributed by atoms with E-state index in [0.29, 0.717) is 22.8 Å². The molecule has 2 aromatic carbocycles. The SMILES string of the molecule is Cc1ccc(Cl)cc1NC(=O)c1cc(F)c(F)c(F)c1. The molecular formula is C14H9ClF3NO. The van der Waals surface area contributed by atoms with Crippen LogP contribution in [0.3, 0.4) is 0 Å². The first-order valence-electron chi connectivity index (χ1n) is 5.60. The topological polar surface area (TPSA) is 29.1 Å². The van der Waals surface area contributed by atoms with E-state index in [1.54, 1.807) is 19.1 Å². The van der Waals surface area contributed by atoms with Crippen LogP contribution in [0, 0.1) is 24.4 Å². The van der Waals surface area contributed by atoms with Crippen LogP contribution in [-0.2, 0) is 0 Å². The summed E-state index contributed by atoms with van der Waals surface area (Å²) in [6.45, 7) is 1.73. The highest BCUT2D eigenvalue weighted by Crippen LogP contribution is 2.21. The van der Waals surface area contributed by atoms with Crippen LogP contribution in [0.1, 0.15) is 15.9 Å². The highest BCUT2D eigenvalue weighted by Gasteiger charge is 2.15. The highest BCUT2D eigenvalue weighted by atomic mass is 35.5. The summed E-state index contributed by atoms with van der Waals surface area (Å²) in [5, 5.41) is 2.87. The van der Waals surface area contributed by atoms with Crippen LogP contribution < -0.4 is 5.32 Å². The Morgan fingerprint density at radius 1 is 1.10 bits per heavy atom. The molecule has 0 aromatic heterocycles. The van der Waals surface area contributed by atoms with Gasteiger partial charge in [0, 0.05) is 16.3 Å². The fourth-order valence-electron chi connectivity index (χ4n) is 1.61. The van der Waals surface area contributed by atoms with Gasteiger partial charge in [-0.25, -0.2) is 13.2 Å². The Kier molecular flexibility index (Phi) is 3.99.